The SMILES string of the molecule is CNC(=O)c1ccc(NC(=O)C2(N)CCCC2)c(C)c1. The normalized spacial score (nSPS) is 16.8. The highest BCUT2D eigenvalue weighted by Crippen LogP contribution is 2.29. The maximum absolute atomic E-state index is 12.2. The van der Waals surface area contributed by atoms with Crippen LogP contribution in [0.2, 0.25) is 0 Å². The van der Waals surface area contributed by atoms with E-state index in [-0.39, 0.29) is 11.8 Å². The molecule has 0 aromatic heterocycles. The average molecular weight is 275 g/mol. The van der Waals surface area contributed by atoms with Crippen LogP contribution < -0.4 is 16.4 Å². The van der Waals surface area contributed by atoms with Crippen molar-refractivity contribution in [2.45, 2.75) is 38.1 Å². The molecule has 0 saturated heterocycles. The highest BCUT2D eigenvalue weighted by molar-refractivity contribution is 6.00. The minimum Gasteiger partial charge on any atom is -0.355 e. The molecule has 108 valence electrons. The number of nitrogens with one attached hydrogen (secondary N) is 2. The summed E-state index contributed by atoms with van der Waals surface area (Å²) in [5, 5.41) is 5.45. The van der Waals surface area contributed by atoms with Gasteiger partial charge in [-0.1, -0.05) is 12.8 Å². The van der Waals surface area contributed by atoms with Crippen LogP contribution >= 0.6 is 0 Å². The molecule has 5 heteroatoms. The van der Waals surface area contributed by atoms with E-state index in [0.717, 1.165) is 31.2 Å². The van der Waals surface area contributed by atoms with Gasteiger partial charge in [-0.3, -0.25) is 9.59 Å². The third-order valence-corrected chi connectivity index (χ3v) is 3.91. The van der Waals surface area contributed by atoms with E-state index < -0.39 is 5.54 Å². The van der Waals surface area contributed by atoms with Crippen LogP contribution in [0.4, 0.5) is 5.69 Å². The summed E-state index contributed by atoms with van der Waals surface area (Å²) in [6.07, 6.45) is 3.46. The summed E-state index contributed by atoms with van der Waals surface area (Å²) < 4.78 is 0. The lowest BCUT2D eigenvalue weighted by atomic mass is 9.97. The molecule has 1 aromatic carbocycles. The second-order valence-electron chi connectivity index (χ2n) is 5.43. The van der Waals surface area contributed by atoms with Crippen molar-refractivity contribution >= 4 is 17.5 Å². The molecule has 1 aliphatic rings. The van der Waals surface area contributed by atoms with Gasteiger partial charge in [0.1, 0.15) is 0 Å². The third kappa shape index (κ3) is 2.82. The minimum absolute atomic E-state index is 0.134. The number of rotatable bonds is 3. The van der Waals surface area contributed by atoms with Gasteiger partial charge in [-0.2, -0.15) is 0 Å². The Morgan fingerprint density at radius 3 is 2.45 bits per heavy atom. The Bertz CT molecular complexity index is 534. The fourth-order valence-electron chi connectivity index (χ4n) is 2.57. The van der Waals surface area contributed by atoms with Crippen molar-refractivity contribution in [1.29, 1.82) is 0 Å². The van der Waals surface area contributed by atoms with Crippen molar-refractivity contribution < 1.29 is 9.59 Å². The van der Waals surface area contributed by atoms with Crippen molar-refractivity contribution in [3.8, 4) is 0 Å². The van der Waals surface area contributed by atoms with Crippen molar-refractivity contribution in [3.63, 3.8) is 0 Å². The number of anilines is 1. The first kappa shape index (κ1) is 14.5. The molecule has 20 heavy (non-hydrogen) atoms. The lowest BCUT2D eigenvalue weighted by Gasteiger charge is -2.23. The lowest BCUT2D eigenvalue weighted by molar-refractivity contribution is -0.121. The van der Waals surface area contributed by atoms with Crippen molar-refractivity contribution in [2.75, 3.05) is 12.4 Å². The second kappa shape index (κ2) is 5.63. The predicted octanol–water partition coefficient (Wildman–Crippen LogP) is 1.56. The predicted molar refractivity (Wildman–Crippen MR) is 78.6 cm³/mol. The molecule has 0 unspecified atom stereocenters. The summed E-state index contributed by atoms with van der Waals surface area (Å²) >= 11 is 0. The van der Waals surface area contributed by atoms with Gasteiger partial charge in [0.2, 0.25) is 5.91 Å². The largest absolute Gasteiger partial charge is 0.355 e. The monoisotopic (exact) mass is 275 g/mol. The molecule has 2 rings (SSSR count). The Kier molecular flexibility index (Phi) is 4.09. The van der Waals surface area contributed by atoms with Crippen LogP contribution in [0.5, 0.6) is 0 Å². The van der Waals surface area contributed by atoms with Crippen LogP contribution in [0.15, 0.2) is 18.2 Å². The highest BCUT2D eigenvalue weighted by Gasteiger charge is 2.37. The molecule has 1 aliphatic carbocycles. The Labute approximate surface area is 118 Å². The molecule has 0 atom stereocenters. The van der Waals surface area contributed by atoms with E-state index in [9.17, 15) is 9.59 Å². The van der Waals surface area contributed by atoms with E-state index in [1.165, 1.54) is 0 Å². The summed E-state index contributed by atoms with van der Waals surface area (Å²) in [5.74, 6) is -0.275. The standard InChI is InChI=1S/C15H21N3O2/c1-10-9-11(13(19)17-2)5-6-12(10)18-14(20)15(16)7-3-4-8-15/h5-6,9H,3-4,7-8,16H2,1-2H3,(H,17,19)(H,18,20). The van der Waals surface area contributed by atoms with Crippen molar-refractivity contribution in [1.82, 2.24) is 5.32 Å². The number of carbonyl (C=O) groups is 2. The zero-order chi connectivity index (χ0) is 14.8. The van der Waals surface area contributed by atoms with Gasteiger partial charge in [-0.15, -0.1) is 0 Å². The van der Waals surface area contributed by atoms with Crippen molar-refractivity contribution in [2.24, 2.45) is 5.73 Å². The maximum atomic E-state index is 12.2. The molecule has 1 saturated carbocycles. The van der Waals surface area contributed by atoms with Crippen LogP contribution in [0, 0.1) is 6.92 Å². The van der Waals surface area contributed by atoms with Gasteiger partial charge < -0.3 is 16.4 Å². The van der Waals surface area contributed by atoms with Crippen LogP contribution in [-0.4, -0.2) is 24.4 Å². The molecule has 1 fully saturated rings. The summed E-state index contributed by atoms with van der Waals surface area (Å²) in [5.41, 5.74) is 7.51. The number of amides is 2. The Hall–Kier alpha value is -1.88. The number of nitrogens with two attached hydrogens (primary N) is 1. The number of hydrogen-bond donors (Lipinski definition) is 3. The maximum Gasteiger partial charge on any atom is 0.251 e. The van der Waals surface area contributed by atoms with E-state index in [1.807, 2.05) is 6.92 Å². The molecule has 4 N–H and O–H groups in total. The van der Waals surface area contributed by atoms with Gasteiger partial charge in [0.15, 0.2) is 0 Å². The average Bonchev–Trinajstić information content (AvgIpc) is 2.88. The van der Waals surface area contributed by atoms with E-state index in [2.05, 4.69) is 10.6 Å². The number of hydrogen-bond acceptors (Lipinski definition) is 3. The van der Waals surface area contributed by atoms with E-state index in [1.54, 1.807) is 25.2 Å². The second-order valence-corrected chi connectivity index (χ2v) is 5.43. The third-order valence-electron chi connectivity index (χ3n) is 3.91. The first-order valence-corrected chi connectivity index (χ1v) is 6.89. The number of aryl methyl sites for hydroxylation is 1. The fraction of sp³-hybridized carbons (Fsp3) is 0.467. The summed E-state index contributed by atoms with van der Waals surface area (Å²) in [4.78, 5) is 23.8. The zero-order valence-electron chi connectivity index (χ0n) is 12.0. The van der Waals surface area contributed by atoms with Crippen LogP contribution in [0.3, 0.4) is 0 Å². The fourth-order valence-corrected chi connectivity index (χ4v) is 2.57. The topological polar surface area (TPSA) is 84.2 Å². The van der Waals surface area contributed by atoms with E-state index in [4.69, 9.17) is 5.73 Å². The van der Waals surface area contributed by atoms with Crippen LogP contribution in [-0.2, 0) is 4.79 Å². The molecule has 0 heterocycles. The summed E-state index contributed by atoms with van der Waals surface area (Å²) in [6.45, 7) is 1.86. The Morgan fingerprint density at radius 2 is 1.90 bits per heavy atom. The minimum atomic E-state index is -0.744. The van der Waals surface area contributed by atoms with Crippen LogP contribution in [0.25, 0.3) is 0 Å². The highest BCUT2D eigenvalue weighted by atomic mass is 16.2. The van der Waals surface area contributed by atoms with E-state index in [0.29, 0.717) is 11.3 Å². The van der Waals surface area contributed by atoms with E-state index >= 15 is 0 Å². The molecule has 0 aliphatic heterocycles. The molecule has 0 radical (unpaired) electrons. The van der Waals surface area contributed by atoms with Crippen LogP contribution in [0.1, 0.15) is 41.6 Å². The van der Waals surface area contributed by atoms with Gasteiger partial charge in [0.25, 0.3) is 5.91 Å². The summed E-state index contributed by atoms with van der Waals surface area (Å²) in [7, 11) is 1.59. The van der Waals surface area contributed by atoms with Gasteiger partial charge in [-0.05, 0) is 43.5 Å². The smallest absolute Gasteiger partial charge is 0.251 e. The van der Waals surface area contributed by atoms with Gasteiger partial charge in [0.05, 0.1) is 5.54 Å². The quantitative estimate of drug-likeness (QED) is 0.782. The molecular weight excluding hydrogens is 254 g/mol. The molecule has 1 aromatic rings. The zero-order valence-corrected chi connectivity index (χ0v) is 12.0. The Balaban J connectivity index is 2.14. The lowest BCUT2D eigenvalue weighted by Crippen LogP contribution is -2.48. The van der Waals surface area contributed by atoms with Gasteiger partial charge in [0, 0.05) is 18.3 Å². The first-order chi connectivity index (χ1) is 9.46. The van der Waals surface area contributed by atoms with Crippen molar-refractivity contribution in [3.05, 3.63) is 29.3 Å². The molecular formula is C15H21N3O2. The van der Waals surface area contributed by atoms with Gasteiger partial charge >= 0.3 is 0 Å². The molecule has 2 amide bonds. The molecule has 0 bridgehead atoms. The Morgan fingerprint density at radius 1 is 1.25 bits per heavy atom. The number of carbonyl (C=O) groups excluding carboxylic acids is 2. The molecule has 5 nitrogen and oxygen atoms in total. The summed E-state index contributed by atoms with van der Waals surface area (Å²) in [6, 6.07) is 5.20. The molecule has 0 spiro atoms. The first-order valence-electron chi connectivity index (χ1n) is 6.89. The number of benzene rings is 1. The van der Waals surface area contributed by atoms with Gasteiger partial charge in [-0.25, -0.2) is 0 Å².